The van der Waals surface area contributed by atoms with Crippen LogP contribution in [0.5, 0.6) is 5.75 Å². The van der Waals surface area contributed by atoms with Crippen molar-refractivity contribution in [1.82, 2.24) is 0 Å². The Morgan fingerprint density at radius 1 is 1.33 bits per heavy atom. The standard InChI is InChI=1S/C14H15N3O/c1-11-7-6-10-13(14(11)18)17(15-2)16-12-8-4-3-5-9-12/h3-8,10,18H,2,9H2,1H3/b16-12+. The van der Waals surface area contributed by atoms with E-state index in [0.29, 0.717) is 5.69 Å². The maximum Gasteiger partial charge on any atom is 0.145 e. The molecule has 0 aliphatic heterocycles. The summed E-state index contributed by atoms with van der Waals surface area (Å²) in [5, 5.41) is 19.5. The van der Waals surface area contributed by atoms with Gasteiger partial charge in [0.05, 0.1) is 5.71 Å². The van der Waals surface area contributed by atoms with E-state index in [4.69, 9.17) is 0 Å². The van der Waals surface area contributed by atoms with Crippen molar-refractivity contribution in [3.8, 4) is 5.75 Å². The maximum atomic E-state index is 10.00. The molecule has 0 radical (unpaired) electrons. The normalized spacial score (nSPS) is 15.9. The number of aromatic hydroxyl groups is 1. The van der Waals surface area contributed by atoms with Crippen molar-refractivity contribution in [2.24, 2.45) is 10.2 Å². The molecule has 0 atom stereocenters. The third kappa shape index (κ3) is 2.48. The molecular formula is C14H15N3O. The number of phenols is 1. The van der Waals surface area contributed by atoms with Crippen LogP contribution in [0.2, 0.25) is 0 Å². The SMILES string of the molecule is C=NN(/N=C1\C=CC=CC1)c1cccc(C)c1O. The van der Waals surface area contributed by atoms with E-state index in [1.165, 1.54) is 5.12 Å². The highest BCUT2D eigenvalue weighted by atomic mass is 16.3. The summed E-state index contributed by atoms with van der Waals surface area (Å²) in [5.41, 5.74) is 2.17. The fraction of sp³-hybridized carbons (Fsp3) is 0.143. The Morgan fingerprint density at radius 3 is 2.83 bits per heavy atom. The van der Waals surface area contributed by atoms with Crippen LogP contribution in [0.1, 0.15) is 12.0 Å². The van der Waals surface area contributed by atoms with Gasteiger partial charge in [0.2, 0.25) is 0 Å². The Bertz CT molecular complexity index is 544. The van der Waals surface area contributed by atoms with Crippen LogP contribution in [0.25, 0.3) is 0 Å². The minimum atomic E-state index is 0.171. The topological polar surface area (TPSA) is 48.2 Å². The summed E-state index contributed by atoms with van der Waals surface area (Å²) in [7, 11) is 0. The van der Waals surface area contributed by atoms with Crippen molar-refractivity contribution < 1.29 is 5.11 Å². The molecular weight excluding hydrogens is 226 g/mol. The van der Waals surface area contributed by atoms with Crippen molar-refractivity contribution in [2.75, 3.05) is 5.12 Å². The van der Waals surface area contributed by atoms with E-state index in [2.05, 4.69) is 16.9 Å². The van der Waals surface area contributed by atoms with Gasteiger partial charge in [0.25, 0.3) is 0 Å². The quantitative estimate of drug-likeness (QED) is 0.653. The minimum absolute atomic E-state index is 0.171. The Morgan fingerprint density at radius 2 is 2.17 bits per heavy atom. The summed E-state index contributed by atoms with van der Waals surface area (Å²) < 4.78 is 0. The summed E-state index contributed by atoms with van der Waals surface area (Å²) in [6.45, 7) is 5.32. The average Bonchev–Trinajstić information content (AvgIpc) is 2.41. The number of nitrogens with zero attached hydrogens (tertiary/aromatic N) is 3. The number of hydrogen-bond donors (Lipinski definition) is 1. The summed E-state index contributed by atoms with van der Waals surface area (Å²) in [5.74, 6) is 0.171. The summed E-state index contributed by atoms with van der Waals surface area (Å²) in [6.07, 6.45) is 8.55. The van der Waals surface area contributed by atoms with E-state index >= 15 is 0 Å². The lowest BCUT2D eigenvalue weighted by Crippen LogP contribution is -2.11. The van der Waals surface area contributed by atoms with E-state index < -0.39 is 0 Å². The second-order valence-corrected chi connectivity index (χ2v) is 3.96. The highest BCUT2D eigenvalue weighted by Gasteiger charge is 2.11. The van der Waals surface area contributed by atoms with Crippen LogP contribution in [0.4, 0.5) is 5.69 Å². The summed E-state index contributed by atoms with van der Waals surface area (Å²) >= 11 is 0. The monoisotopic (exact) mass is 241 g/mol. The Kier molecular flexibility index (Phi) is 3.57. The van der Waals surface area contributed by atoms with Gasteiger partial charge in [-0.2, -0.15) is 10.2 Å². The molecule has 0 saturated carbocycles. The van der Waals surface area contributed by atoms with Gasteiger partial charge in [-0.1, -0.05) is 30.4 Å². The molecule has 0 bridgehead atoms. The molecule has 92 valence electrons. The van der Waals surface area contributed by atoms with Crippen LogP contribution in [0.3, 0.4) is 0 Å². The number of anilines is 1. The van der Waals surface area contributed by atoms with Crippen LogP contribution in [-0.4, -0.2) is 17.5 Å². The first-order valence-electron chi connectivity index (χ1n) is 5.68. The second kappa shape index (κ2) is 5.31. The fourth-order valence-corrected chi connectivity index (χ4v) is 1.66. The number of rotatable bonds is 3. The van der Waals surface area contributed by atoms with Crippen molar-refractivity contribution in [3.63, 3.8) is 0 Å². The zero-order valence-corrected chi connectivity index (χ0v) is 10.2. The van der Waals surface area contributed by atoms with Crippen LogP contribution in [0, 0.1) is 6.92 Å². The van der Waals surface area contributed by atoms with Gasteiger partial charge in [0.1, 0.15) is 11.4 Å². The fourth-order valence-electron chi connectivity index (χ4n) is 1.66. The number of hydrazone groups is 2. The molecule has 1 aromatic rings. The van der Waals surface area contributed by atoms with Gasteiger partial charge in [-0.3, -0.25) is 0 Å². The van der Waals surface area contributed by atoms with Crippen LogP contribution in [-0.2, 0) is 0 Å². The first kappa shape index (κ1) is 12.1. The predicted molar refractivity (Wildman–Crippen MR) is 75.2 cm³/mol. The van der Waals surface area contributed by atoms with Crippen LogP contribution < -0.4 is 5.12 Å². The zero-order valence-electron chi connectivity index (χ0n) is 10.2. The zero-order chi connectivity index (χ0) is 13.0. The molecule has 0 unspecified atom stereocenters. The molecule has 0 amide bonds. The van der Waals surface area contributed by atoms with Gasteiger partial charge in [-0.05, 0) is 24.6 Å². The number of aryl methyl sites for hydroxylation is 1. The third-order valence-electron chi connectivity index (χ3n) is 2.65. The van der Waals surface area contributed by atoms with Gasteiger partial charge in [-0.15, -0.1) is 5.12 Å². The second-order valence-electron chi connectivity index (χ2n) is 3.96. The highest BCUT2D eigenvalue weighted by molar-refractivity contribution is 5.97. The molecule has 0 spiro atoms. The average molecular weight is 241 g/mol. The van der Waals surface area contributed by atoms with Crippen molar-refractivity contribution in [1.29, 1.82) is 0 Å². The molecule has 1 aliphatic carbocycles. The predicted octanol–water partition coefficient (Wildman–Crippen LogP) is 2.99. The molecule has 0 saturated heterocycles. The largest absolute Gasteiger partial charge is 0.505 e. The van der Waals surface area contributed by atoms with Gasteiger partial charge in [0, 0.05) is 13.1 Å². The molecule has 0 fully saturated rings. The van der Waals surface area contributed by atoms with Gasteiger partial charge >= 0.3 is 0 Å². The van der Waals surface area contributed by atoms with Crippen LogP contribution >= 0.6 is 0 Å². The number of para-hydroxylation sites is 1. The maximum absolute atomic E-state index is 10.00. The molecule has 1 aliphatic rings. The van der Waals surface area contributed by atoms with E-state index in [9.17, 15) is 5.11 Å². The van der Waals surface area contributed by atoms with Crippen molar-refractivity contribution >= 4 is 18.1 Å². The first-order valence-corrected chi connectivity index (χ1v) is 5.68. The molecule has 4 nitrogen and oxygen atoms in total. The summed E-state index contributed by atoms with van der Waals surface area (Å²) in [4.78, 5) is 0. The third-order valence-corrected chi connectivity index (χ3v) is 2.65. The van der Waals surface area contributed by atoms with E-state index in [-0.39, 0.29) is 5.75 Å². The molecule has 18 heavy (non-hydrogen) atoms. The molecule has 0 heterocycles. The molecule has 1 aromatic carbocycles. The van der Waals surface area contributed by atoms with E-state index in [1.807, 2.05) is 43.4 Å². The smallest absolute Gasteiger partial charge is 0.145 e. The number of phenolic OH excluding ortho intramolecular Hbond substituents is 1. The number of allylic oxidation sites excluding steroid dienone is 4. The Hall–Kier alpha value is -2.36. The van der Waals surface area contributed by atoms with Gasteiger partial charge in [0.15, 0.2) is 0 Å². The Labute approximate surface area is 106 Å². The van der Waals surface area contributed by atoms with E-state index in [0.717, 1.165) is 17.7 Å². The summed E-state index contributed by atoms with van der Waals surface area (Å²) in [6, 6.07) is 5.43. The van der Waals surface area contributed by atoms with Crippen molar-refractivity contribution in [2.45, 2.75) is 13.3 Å². The van der Waals surface area contributed by atoms with E-state index in [1.54, 1.807) is 6.07 Å². The van der Waals surface area contributed by atoms with Crippen LogP contribution in [0.15, 0.2) is 52.7 Å². The number of hydrogen-bond acceptors (Lipinski definition) is 4. The first-order chi connectivity index (χ1) is 8.72. The Balaban J connectivity index is 2.34. The lowest BCUT2D eigenvalue weighted by molar-refractivity contribution is 0.470. The molecule has 0 aromatic heterocycles. The molecule has 2 rings (SSSR count). The molecule has 4 heteroatoms. The lowest BCUT2D eigenvalue weighted by atomic mass is 10.1. The minimum Gasteiger partial charge on any atom is -0.505 e. The van der Waals surface area contributed by atoms with Crippen molar-refractivity contribution in [3.05, 3.63) is 48.1 Å². The van der Waals surface area contributed by atoms with Gasteiger partial charge < -0.3 is 5.11 Å². The molecule has 1 N–H and O–H groups in total. The van der Waals surface area contributed by atoms with Gasteiger partial charge in [-0.25, -0.2) is 0 Å². The lowest BCUT2D eigenvalue weighted by Gasteiger charge is -2.16. The number of benzene rings is 1. The highest BCUT2D eigenvalue weighted by Crippen LogP contribution is 2.30.